The number of nitriles is 1. The summed E-state index contributed by atoms with van der Waals surface area (Å²) < 4.78 is 2.01. The number of fused-ring (bicyclic) bond motifs is 1. The first-order valence-corrected chi connectivity index (χ1v) is 8.21. The molecule has 3 aromatic rings. The molecular formula is C20H16N4O. The van der Waals surface area contributed by atoms with Crippen molar-refractivity contribution >= 4 is 11.9 Å². The van der Waals surface area contributed by atoms with E-state index in [1.807, 2.05) is 59.3 Å². The quantitative estimate of drug-likeness (QED) is 0.723. The van der Waals surface area contributed by atoms with E-state index in [1.54, 1.807) is 11.0 Å². The monoisotopic (exact) mass is 328 g/mol. The second-order valence-corrected chi connectivity index (χ2v) is 5.99. The van der Waals surface area contributed by atoms with Crippen LogP contribution in [0.25, 0.3) is 11.3 Å². The molecule has 5 heteroatoms. The van der Waals surface area contributed by atoms with Crippen molar-refractivity contribution in [2.75, 3.05) is 11.4 Å². The van der Waals surface area contributed by atoms with Gasteiger partial charge in [0.1, 0.15) is 0 Å². The van der Waals surface area contributed by atoms with E-state index in [-0.39, 0.29) is 5.91 Å². The number of rotatable bonds is 2. The molecule has 1 aliphatic rings. The van der Waals surface area contributed by atoms with Crippen molar-refractivity contribution in [1.29, 1.82) is 5.26 Å². The zero-order valence-electron chi connectivity index (χ0n) is 13.6. The van der Waals surface area contributed by atoms with E-state index in [0.29, 0.717) is 23.6 Å². The van der Waals surface area contributed by atoms with Crippen LogP contribution in [0.4, 0.5) is 5.95 Å². The minimum Gasteiger partial charge on any atom is -0.316 e. The number of nitrogens with zero attached hydrogens (tertiary/aromatic N) is 4. The van der Waals surface area contributed by atoms with E-state index in [9.17, 15) is 4.79 Å². The van der Waals surface area contributed by atoms with E-state index in [0.717, 1.165) is 24.2 Å². The van der Waals surface area contributed by atoms with Crippen LogP contribution in [-0.2, 0) is 6.54 Å². The number of imidazole rings is 1. The smallest absolute Gasteiger partial charge is 0.260 e. The van der Waals surface area contributed by atoms with Crippen molar-refractivity contribution in [3.05, 3.63) is 71.9 Å². The summed E-state index contributed by atoms with van der Waals surface area (Å²) in [6, 6.07) is 18.8. The Morgan fingerprint density at radius 2 is 1.92 bits per heavy atom. The Morgan fingerprint density at radius 3 is 2.72 bits per heavy atom. The van der Waals surface area contributed by atoms with Crippen LogP contribution >= 0.6 is 0 Å². The van der Waals surface area contributed by atoms with E-state index in [2.05, 4.69) is 11.1 Å². The molecule has 2 aromatic carbocycles. The van der Waals surface area contributed by atoms with Crippen molar-refractivity contribution in [3.8, 4) is 17.3 Å². The van der Waals surface area contributed by atoms with Gasteiger partial charge in [0.05, 0.1) is 17.3 Å². The van der Waals surface area contributed by atoms with Crippen LogP contribution in [0.15, 0.2) is 60.8 Å². The highest BCUT2D eigenvalue weighted by Gasteiger charge is 2.26. The van der Waals surface area contributed by atoms with Gasteiger partial charge in [0.25, 0.3) is 5.91 Å². The fraction of sp³-hybridized carbons (Fsp3) is 0.150. The molecule has 1 aromatic heterocycles. The molecule has 0 unspecified atom stereocenters. The number of aryl methyl sites for hydroxylation is 1. The standard InChI is InChI=1S/C20H16N4O/c21-13-15-6-4-9-17(12-15)18-14-23-10-5-11-24(20(23)22-18)19(25)16-7-2-1-3-8-16/h1-4,6-9,12,14H,5,10-11H2. The summed E-state index contributed by atoms with van der Waals surface area (Å²) in [5.41, 5.74) is 2.92. The first-order chi connectivity index (χ1) is 12.3. The van der Waals surface area contributed by atoms with Crippen molar-refractivity contribution in [2.24, 2.45) is 0 Å². The predicted molar refractivity (Wildman–Crippen MR) is 95.1 cm³/mol. The summed E-state index contributed by atoms with van der Waals surface area (Å²) in [7, 11) is 0. The number of amides is 1. The molecule has 0 atom stereocenters. The lowest BCUT2D eigenvalue weighted by Gasteiger charge is -2.27. The van der Waals surface area contributed by atoms with Gasteiger partial charge in [-0.1, -0.05) is 30.3 Å². The number of aromatic nitrogens is 2. The number of hydrogen-bond donors (Lipinski definition) is 0. The zero-order valence-corrected chi connectivity index (χ0v) is 13.6. The molecule has 5 nitrogen and oxygen atoms in total. The van der Waals surface area contributed by atoms with Crippen LogP contribution in [0.5, 0.6) is 0 Å². The van der Waals surface area contributed by atoms with Crippen LogP contribution in [0.2, 0.25) is 0 Å². The zero-order chi connectivity index (χ0) is 17.2. The maximum Gasteiger partial charge on any atom is 0.260 e. The summed E-state index contributed by atoms with van der Waals surface area (Å²) in [5, 5.41) is 9.08. The van der Waals surface area contributed by atoms with E-state index in [4.69, 9.17) is 5.26 Å². The summed E-state index contributed by atoms with van der Waals surface area (Å²) in [6.45, 7) is 1.49. The Balaban J connectivity index is 1.72. The minimum atomic E-state index is -0.0375. The highest BCUT2D eigenvalue weighted by molar-refractivity contribution is 6.05. The number of benzene rings is 2. The summed E-state index contributed by atoms with van der Waals surface area (Å²) >= 11 is 0. The molecule has 0 bridgehead atoms. The number of carbonyl (C=O) groups excluding carboxylic acids is 1. The summed E-state index contributed by atoms with van der Waals surface area (Å²) in [5.74, 6) is 0.627. The van der Waals surface area contributed by atoms with Gasteiger partial charge in [-0.15, -0.1) is 0 Å². The van der Waals surface area contributed by atoms with Gasteiger partial charge in [-0.2, -0.15) is 5.26 Å². The van der Waals surface area contributed by atoms with E-state index in [1.165, 1.54) is 0 Å². The van der Waals surface area contributed by atoms with Crippen molar-refractivity contribution in [1.82, 2.24) is 9.55 Å². The Kier molecular flexibility index (Phi) is 3.79. The fourth-order valence-corrected chi connectivity index (χ4v) is 3.10. The van der Waals surface area contributed by atoms with Crippen molar-refractivity contribution < 1.29 is 4.79 Å². The van der Waals surface area contributed by atoms with Gasteiger partial charge in [-0.25, -0.2) is 4.98 Å². The number of anilines is 1. The fourth-order valence-electron chi connectivity index (χ4n) is 3.10. The summed E-state index contributed by atoms with van der Waals surface area (Å²) in [6.07, 6.45) is 2.84. The molecule has 0 saturated heterocycles. The lowest BCUT2D eigenvalue weighted by Crippen LogP contribution is -2.37. The molecule has 1 amide bonds. The SMILES string of the molecule is N#Cc1cccc(-c2cn3c(n2)N(C(=O)c2ccccc2)CCC3)c1. The third-order valence-corrected chi connectivity index (χ3v) is 4.33. The number of hydrogen-bond acceptors (Lipinski definition) is 3. The molecule has 2 heterocycles. The van der Waals surface area contributed by atoms with Gasteiger partial charge in [-0.3, -0.25) is 9.69 Å². The lowest BCUT2D eigenvalue weighted by atomic mass is 10.1. The van der Waals surface area contributed by atoms with Crippen LogP contribution in [0, 0.1) is 11.3 Å². The predicted octanol–water partition coefficient (Wildman–Crippen LogP) is 3.47. The van der Waals surface area contributed by atoms with Gasteiger partial charge < -0.3 is 4.57 Å². The average molecular weight is 328 g/mol. The molecule has 0 fully saturated rings. The second kappa shape index (κ2) is 6.25. The molecule has 0 radical (unpaired) electrons. The topological polar surface area (TPSA) is 61.9 Å². The molecule has 0 N–H and O–H groups in total. The molecule has 25 heavy (non-hydrogen) atoms. The van der Waals surface area contributed by atoms with Gasteiger partial charge in [-0.05, 0) is 30.7 Å². The molecule has 0 spiro atoms. The molecule has 0 aliphatic carbocycles. The number of carbonyl (C=O) groups is 1. The lowest BCUT2D eigenvalue weighted by molar-refractivity contribution is 0.0981. The Bertz CT molecular complexity index is 969. The molecule has 4 rings (SSSR count). The molecule has 1 aliphatic heterocycles. The highest BCUT2D eigenvalue weighted by atomic mass is 16.2. The van der Waals surface area contributed by atoms with Crippen molar-refractivity contribution in [3.63, 3.8) is 0 Å². The van der Waals surface area contributed by atoms with E-state index >= 15 is 0 Å². The third-order valence-electron chi connectivity index (χ3n) is 4.33. The van der Waals surface area contributed by atoms with Gasteiger partial charge in [0.15, 0.2) is 0 Å². The van der Waals surface area contributed by atoms with Crippen molar-refractivity contribution in [2.45, 2.75) is 13.0 Å². The Labute approximate surface area is 145 Å². The van der Waals surface area contributed by atoms with Crippen LogP contribution in [0.1, 0.15) is 22.3 Å². The molecule has 0 saturated carbocycles. The molecular weight excluding hydrogens is 312 g/mol. The minimum absolute atomic E-state index is 0.0375. The van der Waals surface area contributed by atoms with Gasteiger partial charge >= 0.3 is 0 Å². The van der Waals surface area contributed by atoms with Crippen LogP contribution < -0.4 is 4.90 Å². The largest absolute Gasteiger partial charge is 0.316 e. The van der Waals surface area contributed by atoms with Gasteiger partial charge in [0.2, 0.25) is 5.95 Å². The average Bonchev–Trinajstić information content (AvgIpc) is 3.12. The van der Waals surface area contributed by atoms with Crippen LogP contribution in [0.3, 0.4) is 0 Å². The second-order valence-electron chi connectivity index (χ2n) is 5.99. The normalized spacial score (nSPS) is 13.2. The first kappa shape index (κ1) is 15.2. The maximum absolute atomic E-state index is 12.8. The Morgan fingerprint density at radius 1 is 1.08 bits per heavy atom. The van der Waals surface area contributed by atoms with Gasteiger partial charge in [0, 0.05) is 30.4 Å². The summed E-state index contributed by atoms with van der Waals surface area (Å²) in [4.78, 5) is 19.3. The Hall–Kier alpha value is -3.39. The highest BCUT2D eigenvalue weighted by Crippen LogP contribution is 2.27. The van der Waals surface area contributed by atoms with E-state index < -0.39 is 0 Å². The maximum atomic E-state index is 12.8. The molecule has 122 valence electrons. The first-order valence-electron chi connectivity index (χ1n) is 8.21. The van der Waals surface area contributed by atoms with Crippen LogP contribution in [-0.4, -0.2) is 22.0 Å². The third kappa shape index (κ3) is 2.79.